The van der Waals surface area contributed by atoms with Gasteiger partial charge in [0, 0.05) is 26.1 Å². The van der Waals surface area contributed by atoms with Gasteiger partial charge in [0.25, 0.3) is 0 Å². The van der Waals surface area contributed by atoms with Crippen LogP contribution in [0.1, 0.15) is 27.2 Å². The summed E-state index contributed by atoms with van der Waals surface area (Å²) in [7, 11) is 1.80. The van der Waals surface area contributed by atoms with Gasteiger partial charge in [-0.1, -0.05) is 20.8 Å². The SMILES string of the molecule is CCCOCCOCCN(C)C(=O)C(C)C. The minimum atomic E-state index is 0.0536. The van der Waals surface area contributed by atoms with E-state index in [-0.39, 0.29) is 11.8 Å². The van der Waals surface area contributed by atoms with E-state index in [1.165, 1.54) is 0 Å². The van der Waals surface area contributed by atoms with E-state index in [4.69, 9.17) is 9.47 Å². The van der Waals surface area contributed by atoms with Crippen LogP contribution in [0.5, 0.6) is 0 Å². The molecule has 96 valence electrons. The summed E-state index contributed by atoms with van der Waals surface area (Å²) >= 11 is 0. The summed E-state index contributed by atoms with van der Waals surface area (Å²) in [5.74, 6) is 0.212. The van der Waals surface area contributed by atoms with Gasteiger partial charge in [0.15, 0.2) is 0 Å². The Labute approximate surface area is 98.9 Å². The van der Waals surface area contributed by atoms with Crippen LogP contribution in [-0.2, 0) is 14.3 Å². The average Bonchev–Trinajstić information content (AvgIpc) is 2.26. The largest absolute Gasteiger partial charge is 0.379 e. The molecule has 0 aromatic carbocycles. The van der Waals surface area contributed by atoms with Crippen molar-refractivity contribution in [3.8, 4) is 0 Å². The molecule has 0 aliphatic rings. The molecule has 0 aliphatic heterocycles. The Morgan fingerprint density at radius 3 is 2.19 bits per heavy atom. The maximum atomic E-state index is 11.5. The average molecular weight is 231 g/mol. The lowest BCUT2D eigenvalue weighted by atomic mass is 10.2. The fourth-order valence-electron chi connectivity index (χ4n) is 1.22. The molecule has 0 aromatic heterocycles. The number of nitrogens with zero attached hydrogens (tertiary/aromatic N) is 1. The molecule has 0 spiro atoms. The van der Waals surface area contributed by atoms with Crippen molar-refractivity contribution in [3.63, 3.8) is 0 Å². The first-order valence-corrected chi connectivity index (χ1v) is 6.00. The van der Waals surface area contributed by atoms with E-state index in [1.54, 1.807) is 11.9 Å². The van der Waals surface area contributed by atoms with Crippen LogP contribution in [0.2, 0.25) is 0 Å². The molecule has 0 atom stereocenters. The van der Waals surface area contributed by atoms with Gasteiger partial charge >= 0.3 is 0 Å². The zero-order chi connectivity index (χ0) is 12.4. The van der Waals surface area contributed by atoms with Gasteiger partial charge in [-0.3, -0.25) is 4.79 Å². The highest BCUT2D eigenvalue weighted by atomic mass is 16.5. The van der Waals surface area contributed by atoms with E-state index < -0.39 is 0 Å². The fraction of sp³-hybridized carbons (Fsp3) is 0.917. The highest BCUT2D eigenvalue weighted by molar-refractivity contribution is 5.77. The van der Waals surface area contributed by atoms with Crippen molar-refractivity contribution in [2.75, 3.05) is 40.0 Å². The molecule has 0 aliphatic carbocycles. The van der Waals surface area contributed by atoms with Gasteiger partial charge in [-0.05, 0) is 6.42 Å². The Hall–Kier alpha value is -0.610. The first kappa shape index (κ1) is 15.4. The van der Waals surface area contributed by atoms with E-state index in [9.17, 15) is 4.79 Å². The highest BCUT2D eigenvalue weighted by Crippen LogP contribution is 1.98. The number of rotatable bonds is 9. The minimum Gasteiger partial charge on any atom is -0.379 e. The third-order valence-corrected chi connectivity index (χ3v) is 2.16. The van der Waals surface area contributed by atoms with Crippen molar-refractivity contribution < 1.29 is 14.3 Å². The molecule has 0 radical (unpaired) electrons. The van der Waals surface area contributed by atoms with E-state index in [2.05, 4.69) is 6.92 Å². The smallest absolute Gasteiger partial charge is 0.224 e. The number of ether oxygens (including phenoxy) is 2. The van der Waals surface area contributed by atoms with Crippen LogP contribution in [0.25, 0.3) is 0 Å². The molecular weight excluding hydrogens is 206 g/mol. The quantitative estimate of drug-likeness (QED) is 0.565. The first-order valence-electron chi connectivity index (χ1n) is 6.00. The lowest BCUT2D eigenvalue weighted by Crippen LogP contribution is -2.33. The Morgan fingerprint density at radius 2 is 1.69 bits per heavy atom. The van der Waals surface area contributed by atoms with Gasteiger partial charge in [0.1, 0.15) is 0 Å². The Balaban J connectivity index is 3.34. The van der Waals surface area contributed by atoms with Crippen LogP contribution >= 0.6 is 0 Å². The molecule has 16 heavy (non-hydrogen) atoms. The molecule has 0 N–H and O–H groups in total. The van der Waals surface area contributed by atoms with Gasteiger partial charge < -0.3 is 14.4 Å². The molecular formula is C12H25NO3. The molecule has 0 bridgehead atoms. The van der Waals surface area contributed by atoms with Crippen molar-refractivity contribution in [2.24, 2.45) is 5.92 Å². The molecule has 1 amide bonds. The van der Waals surface area contributed by atoms with Gasteiger partial charge in [-0.2, -0.15) is 0 Å². The maximum Gasteiger partial charge on any atom is 0.224 e. The topological polar surface area (TPSA) is 38.8 Å². The van der Waals surface area contributed by atoms with Crippen molar-refractivity contribution >= 4 is 5.91 Å². The lowest BCUT2D eigenvalue weighted by Gasteiger charge is -2.19. The molecule has 4 nitrogen and oxygen atoms in total. The number of hydrogen-bond acceptors (Lipinski definition) is 3. The third-order valence-electron chi connectivity index (χ3n) is 2.16. The minimum absolute atomic E-state index is 0.0536. The molecule has 0 aromatic rings. The highest BCUT2D eigenvalue weighted by Gasteiger charge is 2.11. The van der Waals surface area contributed by atoms with Crippen LogP contribution in [0, 0.1) is 5.92 Å². The second kappa shape index (κ2) is 9.60. The van der Waals surface area contributed by atoms with Crippen LogP contribution in [0.3, 0.4) is 0 Å². The van der Waals surface area contributed by atoms with E-state index in [0.717, 1.165) is 13.0 Å². The van der Waals surface area contributed by atoms with Crippen LogP contribution in [-0.4, -0.2) is 50.8 Å². The molecule has 0 unspecified atom stereocenters. The predicted molar refractivity (Wildman–Crippen MR) is 64.4 cm³/mol. The summed E-state index contributed by atoms with van der Waals surface area (Å²) in [5, 5.41) is 0. The molecule has 4 heteroatoms. The van der Waals surface area contributed by atoms with Gasteiger partial charge in [0.2, 0.25) is 5.91 Å². The van der Waals surface area contributed by atoms with Gasteiger partial charge in [-0.25, -0.2) is 0 Å². The number of amides is 1. The summed E-state index contributed by atoms with van der Waals surface area (Å²) in [6.07, 6.45) is 1.03. The van der Waals surface area contributed by atoms with Crippen molar-refractivity contribution in [2.45, 2.75) is 27.2 Å². The Kier molecular flexibility index (Phi) is 9.24. The Bertz CT molecular complexity index is 183. The molecule has 0 saturated carbocycles. The van der Waals surface area contributed by atoms with E-state index >= 15 is 0 Å². The zero-order valence-corrected chi connectivity index (χ0v) is 11.0. The number of hydrogen-bond donors (Lipinski definition) is 0. The second-order valence-corrected chi connectivity index (χ2v) is 4.14. The molecule has 0 heterocycles. The fourth-order valence-corrected chi connectivity index (χ4v) is 1.22. The molecule has 0 saturated heterocycles. The maximum absolute atomic E-state index is 11.5. The second-order valence-electron chi connectivity index (χ2n) is 4.14. The summed E-state index contributed by atoms with van der Waals surface area (Å²) < 4.78 is 10.6. The van der Waals surface area contributed by atoms with Crippen LogP contribution < -0.4 is 0 Å². The Morgan fingerprint density at radius 1 is 1.12 bits per heavy atom. The first-order chi connectivity index (χ1) is 7.59. The van der Waals surface area contributed by atoms with Gasteiger partial charge in [0.05, 0.1) is 19.8 Å². The number of likely N-dealkylation sites (N-methyl/N-ethyl adjacent to an activating group) is 1. The number of carbonyl (C=O) groups is 1. The summed E-state index contributed by atoms with van der Waals surface area (Å²) in [6, 6.07) is 0. The summed E-state index contributed by atoms with van der Waals surface area (Å²) in [4.78, 5) is 13.2. The normalized spacial score (nSPS) is 10.8. The molecule has 0 fully saturated rings. The van der Waals surface area contributed by atoms with E-state index in [1.807, 2.05) is 13.8 Å². The summed E-state index contributed by atoms with van der Waals surface area (Å²) in [6.45, 7) is 9.12. The van der Waals surface area contributed by atoms with Crippen LogP contribution in [0.15, 0.2) is 0 Å². The third kappa shape index (κ3) is 7.65. The lowest BCUT2D eigenvalue weighted by molar-refractivity contribution is -0.133. The van der Waals surface area contributed by atoms with E-state index in [0.29, 0.717) is 26.4 Å². The number of carbonyl (C=O) groups excluding carboxylic acids is 1. The summed E-state index contributed by atoms with van der Waals surface area (Å²) in [5.41, 5.74) is 0. The monoisotopic (exact) mass is 231 g/mol. The van der Waals surface area contributed by atoms with Crippen molar-refractivity contribution in [1.29, 1.82) is 0 Å². The van der Waals surface area contributed by atoms with Crippen LogP contribution in [0.4, 0.5) is 0 Å². The molecule has 0 rings (SSSR count). The predicted octanol–water partition coefficient (Wildman–Crippen LogP) is 1.54. The van der Waals surface area contributed by atoms with Crippen molar-refractivity contribution in [1.82, 2.24) is 4.90 Å². The zero-order valence-electron chi connectivity index (χ0n) is 11.0. The van der Waals surface area contributed by atoms with Gasteiger partial charge in [-0.15, -0.1) is 0 Å². The van der Waals surface area contributed by atoms with Crippen molar-refractivity contribution in [3.05, 3.63) is 0 Å². The standard InChI is InChI=1S/C12H25NO3/c1-5-7-15-9-10-16-8-6-13(4)12(14)11(2)3/h11H,5-10H2,1-4H3.